The Kier molecular flexibility index (Phi) is 5.64. The van der Waals surface area contributed by atoms with E-state index < -0.39 is 0 Å². The van der Waals surface area contributed by atoms with Gasteiger partial charge in [-0.15, -0.1) is 0 Å². The summed E-state index contributed by atoms with van der Waals surface area (Å²) in [6.07, 6.45) is 5.78. The molecule has 0 saturated heterocycles. The summed E-state index contributed by atoms with van der Waals surface area (Å²) in [6, 6.07) is 10.2. The summed E-state index contributed by atoms with van der Waals surface area (Å²) in [7, 11) is 0. The maximum Gasteiger partial charge on any atom is 0.270 e. The molecule has 1 saturated carbocycles. The number of hydrogen-bond donors (Lipinski definition) is 2. The molecular weight excluding hydrogens is 312 g/mol. The third-order valence-electron chi connectivity index (χ3n) is 4.73. The maximum atomic E-state index is 12.5. The molecule has 1 aliphatic carbocycles. The molecule has 1 heterocycles. The molecule has 2 aromatic rings. The molecule has 3 rings (SSSR count). The van der Waals surface area contributed by atoms with Crippen molar-refractivity contribution in [3.05, 3.63) is 52.8 Å². The molecule has 1 aliphatic rings. The average molecular weight is 338 g/mol. The van der Waals surface area contributed by atoms with Gasteiger partial charge in [-0.05, 0) is 43.9 Å². The molecule has 5 heteroatoms. The number of nitrogens with one attached hydrogen (secondary N) is 2. The van der Waals surface area contributed by atoms with Crippen LogP contribution in [0.3, 0.4) is 0 Å². The first kappa shape index (κ1) is 17.4. The number of nitrogens with zero attached hydrogens (tertiary/aromatic N) is 2. The third kappa shape index (κ3) is 4.78. The molecule has 0 aliphatic heterocycles. The van der Waals surface area contributed by atoms with Crippen LogP contribution < -0.4 is 10.6 Å². The summed E-state index contributed by atoms with van der Waals surface area (Å²) in [5.41, 5.74) is 3.64. The maximum absolute atomic E-state index is 12.5. The summed E-state index contributed by atoms with van der Waals surface area (Å²) in [5.74, 6) is 0.397. The Labute approximate surface area is 149 Å². The van der Waals surface area contributed by atoms with Crippen LogP contribution >= 0.6 is 0 Å². The van der Waals surface area contributed by atoms with Crippen LogP contribution in [0.25, 0.3) is 0 Å². The van der Waals surface area contributed by atoms with Gasteiger partial charge in [-0.25, -0.2) is 9.97 Å². The largest absolute Gasteiger partial charge is 0.350 e. The van der Waals surface area contributed by atoms with Crippen molar-refractivity contribution in [2.24, 2.45) is 0 Å². The lowest BCUT2D eigenvalue weighted by atomic mass is 9.95. The predicted molar refractivity (Wildman–Crippen MR) is 99.6 cm³/mol. The Morgan fingerprint density at radius 3 is 2.64 bits per heavy atom. The van der Waals surface area contributed by atoms with Crippen LogP contribution in [0.15, 0.2) is 30.3 Å². The monoisotopic (exact) mass is 338 g/mol. The Balaban J connectivity index is 1.67. The molecule has 0 radical (unpaired) electrons. The molecule has 0 unspecified atom stereocenters. The smallest absolute Gasteiger partial charge is 0.270 e. The molecule has 1 aromatic carbocycles. The Morgan fingerprint density at radius 1 is 1.12 bits per heavy atom. The minimum absolute atomic E-state index is 0.101. The minimum Gasteiger partial charge on any atom is -0.350 e. The first-order chi connectivity index (χ1) is 12.1. The molecule has 0 atom stereocenters. The van der Waals surface area contributed by atoms with Crippen LogP contribution in [0.1, 0.15) is 59.4 Å². The number of carbonyl (C=O) groups is 1. The van der Waals surface area contributed by atoms with Crippen LogP contribution in [0.4, 0.5) is 5.95 Å². The van der Waals surface area contributed by atoms with Gasteiger partial charge in [0.25, 0.3) is 5.91 Å². The van der Waals surface area contributed by atoms with Gasteiger partial charge in [0, 0.05) is 18.3 Å². The van der Waals surface area contributed by atoms with Gasteiger partial charge in [-0.1, -0.05) is 43.5 Å². The second-order valence-electron chi connectivity index (χ2n) is 6.81. The highest BCUT2D eigenvalue weighted by molar-refractivity contribution is 5.92. The van der Waals surface area contributed by atoms with Crippen molar-refractivity contribution in [2.75, 3.05) is 5.32 Å². The van der Waals surface area contributed by atoms with Crippen molar-refractivity contribution in [2.45, 2.75) is 58.5 Å². The minimum atomic E-state index is -0.101. The highest BCUT2D eigenvalue weighted by Crippen LogP contribution is 2.18. The van der Waals surface area contributed by atoms with Crippen molar-refractivity contribution >= 4 is 11.9 Å². The molecule has 1 aromatic heterocycles. The van der Waals surface area contributed by atoms with Crippen LogP contribution in [0.5, 0.6) is 0 Å². The van der Waals surface area contributed by atoms with Crippen molar-refractivity contribution in [3.8, 4) is 0 Å². The van der Waals surface area contributed by atoms with E-state index in [4.69, 9.17) is 0 Å². The second-order valence-corrected chi connectivity index (χ2v) is 6.81. The van der Waals surface area contributed by atoms with E-state index in [0.717, 1.165) is 18.5 Å². The van der Waals surface area contributed by atoms with Crippen LogP contribution in [0.2, 0.25) is 0 Å². The first-order valence-electron chi connectivity index (χ1n) is 9.07. The van der Waals surface area contributed by atoms with E-state index in [1.54, 1.807) is 6.07 Å². The molecule has 0 spiro atoms. The lowest BCUT2D eigenvalue weighted by molar-refractivity contribution is 0.0922. The molecule has 2 N–H and O–H groups in total. The molecule has 1 fully saturated rings. The number of carbonyl (C=O) groups excluding carboxylic acids is 1. The second kappa shape index (κ2) is 8.10. The van der Waals surface area contributed by atoms with E-state index >= 15 is 0 Å². The van der Waals surface area contributed by atoms with Gasteiger partial charge < -0.3 is 10.6 Å². The third-order valence-corrected chi connectivity index (χ3v) is 4.73. The van der Waals surface area contributed by atoms with Gasteiger partial charge >= 0.3 is 0 Å². The van der Waals surface area contributed by atoms with Crippen molar-refractivity contribution in [1.82, 2.24) is 15.3 Å². The predicted octanol–water partition coefficient (Wildman–Crippen LogP) is 3.77. The molecule has 1 amide bonds. The molecular formula is C20H26N4O. The normalized spacial score (nSPS) is 15.0. The topological polar surface area (TPSA) is 66.9 Å². The number of rotatable bonds is 5. The molecule has 5 nitrogen and oxygen atoms in total. The van der Waals surface area contributed by atoms with E-state index in [1.807, 2.05) is 19.1 Å². The fraction of sp³-hybridized carbons (Fsp3) is 0.450. The van der Waals surface area contributed by atoms with E-state index in [0.29, 0.717) is 18.2 Å². The Morgan fingerprint density at radius 2 is 1.88 bits per heavy atom. The van der Waals surface area contributed by atoms with E-state index in [-0.39, 0.29) is 11.9 Å². The fourth-order valence-corrected chi connectivity index (χ4v) is 3.25. The standard InChI is InChI=1S/C20H26N4O/c1-14-8-6-7-9-16(14)13-21-20-22-15(2)12-18(24-20)19(25)23-17-10-4-3-5-11-17/h6-9,12,17H,3-5,10-11,13H2,1-2H3,(H,23,25)(H,21,22,24). The molecule has 132 valence electrons. The number of aryl methyl sites for hydroxylation is 2. The van der Waals surface area contributed by atoms with Gasteiger partial charge in [0.05, 0.1) is 0 Å². The van der Waals surface area contributed by atoms with Gasteiger partial charge in [0.15, 0.2) is 0 Å². The number of anilines is 1. The number of amides is 1. The quantitative estimate of drug-likeness (QED) is 0.871. The fourth-order valence-electron chi connectivity index (χ4n) is 3.25. The first-order valence-corrected chi connectivity index (χ1v) is 9.07. The summed E-state index contributed by atoms with van der Waals surface area (Å²) in [5, 5.41) is 6.35. The zero-order chi connectivity index (χ0) is 17.6. The van der Waals surface area contributed by atoms with E-state index in [1.165, 1.54) is 30.4 Å². The molecule has 25 heavy (non-hydrogen) atoms. The zero-order valence-electron chi connectivity index (χ0n) is 15.0. The highest BCUT2D eigenvalue weighted by Gasteiger charge is 2.18. The lowest BCUT2D eigenvalue weighted by Crippen LogP contribution is -2.36. The van der Waals surface area contributed by atoms with Crippen LogP contribution in [0, 0.1) is 13.8 Å². The average Bonchev–Trinajstić information content (AvgIpc) is 2.61. The van der Waals surface area contributed by atoms with Crippen LogP contribution in [-0.2, 0) is 6.54 Å². The van der Waals surface area contributed by atoms with Crippen molar-refractivity contribution in [1.29, 1.82) is 0 Å². The summed E-state index contributed by atoms with van der Waals surface area (Å²) in [6.45, 7) is 4.61. The summed E-state index contributed by atoms with van der Waals surface area (Å²) >= 11 is 0. The van der Waals surface area contributed by atoms with E-state index in [9.17, 15) is 4.79 Å². The van der Waals surface area contributed by atoms with Gasteiger partial charge in [-0.2, -0.15) is 0 Å². The number of hydrogen-bond acceptors (Lipinski definition) is 4. The number of benzene rings is 1. The van der Waals surface area contributed by atoms with Gasteiger partial charge in [0.2, 0.25) is 5.95 Å². The Hall–Kier alpha value is -2.43. The SMILES string of the molecule is Cc1cc(C(=O)NC2CCCCC2)nc(NCc2ccccc2C)n1. The highest BCUT2D eigenvalue weighted by atomic mass is 16.1. The summed E-state index contributed by atoms with van der Waals surface area (Å²) in [4.78, 5) is 21.3. The van der Waals surface area contributed by atoms with Crippen molar-refractivity contribution < 1.29 is 4.79 Å². The van der Waals surface area contributed by atoms with Gasteiger partial charge in [0.1, 0.15) is 5.69 Å². The zero-order valence-corrected chi connectivity index (χ0v) is 15.0. The van der Waals surface area contributed by atoms with E-state index in [2.05, 4.69) is 39.7 Å². The van der Waals surface area contributed by atoms with Crippen molar-refractivity contribution in [3.63, 3.8) is 0 Å². The lowest BCUT2D eigenvalue weighted by Gasteiger charge is -2.22. The number of aromatic nitrogens is 2. The summed E-state index contributed by atoms with van der Waals surface area (Å²) < 4.78 is 0. The van der Waals surface area contributed by atoms with Gasteiger partial charge in [-0.3, -0.25) is 4.79 Å². The Bertz CT molecular complexity index is 738. The molecule has 0 bridgehead atoms. The van der Waals surface area contributed by atoms with Crippen LogP contribution in [-0.4, -0.2) is 21.9 Å².